The topological polar surface area (TPSA) is 23.6 Å². The Hall–Kier alpha value is -0.780. The van der Waals surface area contributed by atoms with Gasteiger partial charge in [-0.2, -0.15) is 13.2 Å². The normalized spacial score (nSPS) is 19.9. The Labute approximate surface area is 80.5 Å². The minimum atomic E-state index is -4.26. The predicted molar refractivity (Wildman–Crippen MR) is 44.5 cm³/mol. The molecule has 0 aromatic rings. The van der Waals surface area contributed by atoms with Gasteiger partial charge in [-0.05, 0) is 0 Å². The lowest BCUT2D eigenvalue weighted by atomic mass is 10.3. The molecule has 0 N–H and O–H groups in total. The fourth-order valence-electron chi connectivity index (χ4n) is 1.43. The molecule has 1 heterocycles. The summed E-state index contributed by atoms with van der Waals surface area (Å²) in [6.45, 7) is 1.82. The number of piperazine rings is 1. The summed E-state index contributed by atoms with van der Waals surface area (Å²) < 4.78 is 36.5. The maximum atomic E-state index is 12.2. The Kier molecular flexibility index (Phi) is 3.36. The molecule has 1 saturated heterocycles. The van der Waals surface area contributed by atoms with Gasteiger partial charge >= 0.3 is 6.30 Å². The first-order valence-corrected chi connectivity index (χ1v) is 4.54. The summed E-state index contributed by atoms with van der Waals surface area (Å²) in [5.41, 5.74) is 0. The van der Waals surface area contributed by atoms with Crippen molar-refractivity contribution in [2.45, 2.75) is 19.6 Å². The van der Waals surface area contributed by atoms with E-state index >= 15 is 0 Å². The standard InChI is InChI=1S/C8H13F3N2O/c1-2-7(14)12-3-5-13(6-4-12)8(9,10)11/h2-6H2,1H3. The smallest absolute Gasteiger partial charge is 0.340 e. The van der Waals surface area contributed by atoms with Crippen molar-refractivity contribution in [3.05, 3.63) is 0 Å². The fourth-order valence-corrected chi connectivity index (χ4v) is 1.43. The highest BCUT2D eigenvalue weighted by molar-refractivity contribution is 5.75. The SMILES string of the molecule is CCC(=O)N1CCN(C(F)(F)F)CC1. The molecule has 1 amide bonds. The molecule has 0 unspecified atom stereocenters. The lowest BCUT2D eigenvalue weighted by Crippen LogP contribution is -2.53. The lowest BCUT2D eigenvalue weighted by molar-refractivity contribution is -0.252. The second-order valence-electron chi connectivity index (χ2n) is 3.19. The van der Waals surface area contributed by atoms with Crippen LogP contribution in [-0.4, -0.2) is 48.2 Å². The van der Waals surface area contributed by atoms with Gasteiger partial charge < -0.3 is 4.90 Å². The fraction of sp³-hybridized carbons (Fsp3) is 0.875. The number of halogens is 3. The van der Waals surface area contributed by atoms with Crippen LogP contribution in [-0.2, 0) is 4.79 Å². The molecule has 0 aliphatic carbocycles. The molecule has 0 radical (unpaired) electrons. The van der Waals surface area contributed by atoms with E-state index in [1.807, 2.05) is 0 Å². The number of rotatable bonds is 1. The summed E-state index contributed by atoms with van der Waals surface area (Å²) in [6.07, 6.45) is -3.91. The van der Waals surface area contributed by atoms with Crippen molar-refractivity contribution in [1.82, 2.24) is 9.80 Å². The second kappa shape index (κ2) is 4.16. The molecule has 1 aliphatic heterocycles. The van der Waals surface area contributed by atoms with Crippen molar-refractivity contribution in [3.63, 3.8) is 0 Å². The number of nitrogens with zero attached hydrogens (tertiary/aromatic N) is 2. The predicted octanol–water partition coefficient (Wildman–Crippen LogP) is 1.06. The van der Waals surface area contributed by atoms with Gasteiger partial charge in [0.25, 0.3) is 0 Å². The first-order valence-electron chi connectivity index (χ1n) is 4.54. The van der Waals surface area contributed by atoms with Crippen molar-refractivity contribution in [2.75, 3.05) is 26.2 Å². The van der Waals surface area contributed by atoms with Crippen molar-refractivity contribution >= 4 is 5.91 Å². The van der Waals surface area contributed by atoms with Gasteiger partial charge in [0.05, 0.1) is 0 Å². The van der Waals surface area contributed by atoms with E-state index in [1.165, 1.54) is 4.90 Å². The van der Waals surface area contributed by atoms with Gasteiger partial charge in [-0.15, -0.1) is 0 Å². The summed E-state index contributed by atoms with van der Waals surface area (Å²) in [5.74, 6) is -0.0770. The van der Waals surface area contributed by atoms with Crippen molar-refractivity contribution in [2.24, 2.45) is 0 Å². The molecule has 0 spiro atoms. The number of hydrogen-bond donors (Lipinski definition) is 0. The Bertz CT molecular complexity index is 209. The third-order valence-corrected chi connectivity index (χ3v) is 2.29. The summed E-state index contributed by atoms with van der Waals surface area (Å²) in [6, 6.07) is 0. The quantitative estimate of drug-likeness (QED) is 0.604. The van der Waals surface area contributed by atoms with Crippen LogP contribution in [0.5, 0.6) is 0 Å². The molecule has 0 bridgehead atoms. The Morgan fingerprint density at radius 2 is 1.71 bits per heavy atom. The second-order valence-corrected chi connectivity index (χ2v) is 3.19. The Morgan fingerprint density at radius 1 is 1.21 bits per heavy atom. The van der Waals surface area contributed by atoms with Crippen LogP contribution in [0.15, 0.2) is 0 Å². The van der Waals surface area contributed by atoms with Gasteiger partial charge in [-0.1, -0.05) is 6.92 Å². The average Bonchev–Trinajstić information content (AvgIpc) is 2.15. The van der Waals surface area contributed by atoms with Gasteiger partial charge in [0.15, 0.2) is 0 Å². The molecular weight excluding hydrogens is 197 g/mol. The molecule has 14 heavy (non-hydrogen) atoms. The zero-order chi connectivity index (χ0) is 10.8. The monoisotopic (exact) mass is 210 g/mol. The van der Waals surface area contributed by atoms with Gasteiger partial charge in [0.1, 0.15) is 0 Å². The van der Waals surface area contributed by atoms with Crippen LogP contribution in [0.2, 0.25) is 0 Å². The van der Waals surface area contributed by atoms with E-state index in [4.69, 9.17) is 0 Å². The number of hydrogen-bond acceptors (Lipinski definition) is 2. The third-order valence-electron chi connectivity index (χ3n) is 2.29. The highest BCUT2D eigenvalue weighted by atomic mass is 19.4. The number of carbonyl (C=O) groups is 1. The lowest BCUT2D eigenvalue weighted by Gasteiger charge is -2.35. The molecule has 1 fully saturated rings. The van der Waals surface area contributed by atoms with Gasteiger partial charge in [-0.3, -0.25) is 4.79 Å². The van der Waals surface area contributed by atoms with Crippen LogP contribution in [0.1, 0.15) is 13.3 Å². The molecule has 82 valence electrons. The maximum absolute atomic E-state index is 12.2. The summed E-state index contributed by atoms with van der Waals surface area (Å²) in [4.78, 5) is 13.1. The van der Waals surface area contributed by atoms with E-state index in [-0.39, 0.29) is 32.1 Å². The molecule has 1 rings (SSSR count). The number of alkyl halides is 3. The van der Waals surface area contributed by atoms with E-state index in [1.54, 1.807) is 6.92 Å². The molecular formula is C8H13F3N2O. The summed E-state index contributed by atoms with van der Waals surface area (Å²) in [5, 5.41) is 0. The molecule has 0 atom stereocenters. The van der Waals surface area contributed by atoms with Crippen LogP contribution in [0.25, 0.3) is 0 Å². The third kappa shape index (κ3) is 2.60. The van der Waals surface area contributed by atoms with Crippen LogP contribution in [0, 0.1) is 0 Å². The van der Waals surface area contributed by atoms with E-state index < -0.39 is 6.30 Å². The minimum Gasteiger partial charge on any atom is -0.340 e. The van der Waals surface area contributed by atoms with Gasteiger partial charge in [0.2, 0.25) is 5.91 Å². The van der Waals surface area contributed by atoms with E-state index in [9.17, 15) is 18.0 Å². The largest absolute Gasteiger partial charge is 0.460 e. The zero-order valence-corrected chi connectivity index (χ0v) is 7.97. The first kappa shape index (κ1) is 11.3. The highest BCUT2D eigenvalue weighted by Crippen LogP contribution is 2.22. The summed E-state index contributed by atoms with van der Waals surface area (Å²) in [7, 11) is 0. The van der Waals surface area contributed by atoms with Crippen molar-refractivity contribution in [3.8, 4) is 0 Å². The van der Waals surface area contributed by atoms with Gasteiger partial charge in [-0.25, -0.2) is 4.90 Å². The maximum Gasteiger partial charge on any atom is 0.460 e. The van der Waals surface area contributed by atoms with Crippen molar-refractivity contribution < 1.29 is 18.0 Å². The van der Waals surface area contributed by atoms with Crippen LogP contribution < -0.4 is 0 Å². The highest BCUT2D eigenvalue weighted by Gasteiger charge is 2.39. The molecule has 0 aromatic heterocycles. The van der Waals surface area contributed by atoms with E-state index in [2.05, 4.69) is 0 Å². The Morgan fingerprint density at radius 3 is 2.07 bits per heavy atom. The van der Waals surface area contributed by atoms with Crippen LogP contribution >= 0.6 is 0 Å². The minimum absolute atomic E-state index is 0.0770. The number of amides is 1. The summed E-state index contributed by atoms with van der Waals surface area (Å²) >= 11 is 0. The van der Waals surface area contributed by atoms with E-state index in [0.717, 1.165) is 0 Å². The van der Waals surface area contributed by atoms with E-state index in [0.29, 0.717) is 11.3 Å². The zero-order valence-electron chi connectivity index (χ0n) is 7.97. The molecule has 3 nitrogen and oxygen atoms in total. The first-order chi connectivity index (χ1) is 6.45. The van der Waals surface area contributed by atoms with Gasteiger partial charge in [0, 0.05) is 32.6 Å². The molecule has 1 aliphatic rings. The molecule has 0 aromatic carbocycles. The molecule has 6 heteroatoms. The van der Waals surface area contributed by atoms with Crippen LogP contribution in [0.4, 0.5) is 13.2 Å². The number of carbonyl (C=O) groups excluding carboxylic acids is 1. The Balaban J connectivity index is 2.43. The average molecular weight is 210 g/mol. The van der Waals surface area contributed by atoms with Crippen LogP contribution in [0.3, 0.4) is 0 Å². The molecule has 0 saturated carbocycles. The van der Waals surface area contributed by atoms with Crippen molar-refractivity contribution in [1.29, 1.82) is 0 Å².